The van der Waals surface area contributed by atoms with Crippen LogP contribution in [0.4, 0.5) is 5.13 Å². The molecule has 3 heterocycles. The number of nitrogens with one attached hydrogen (secondary N) is 2. The zero-order chi connectivity index (χ0) is 33.3. The number of carboxylic acids is 2. The van der Waals surface area contributed by atoms with Gasteiger partial charge >= 0.3 is 11.9 Å². The number of ketones is 1. The van der Waals surface area contributed by atoms with Crippen LogP contribution in [0.25, 0.3) is 0 Å². The molecule has 0 spiro atoms. The summed E-state index contributed by atoms with van der Waals surface area (Å²) in [7, 11) is 0. The first-order valence-corrected chi connectivity index (χ1v) is 15.5. The first-order valence-electron chi connectivity index (χ1n) is 12.8. The second-order valence-corrected chi connectivity index (χ2v) is 14.0. The quantitative estimate of drug-likeness (QED) is 0.0270. The van der Waals surface area contributed by atoms with Crippen LogP contribution in [0.3, 0.4) is 0 Å². The number of oxime groups is 1. The van der Waals surface area contributed by atoms with E-state index < -0.39 is 73.7 Å². The lowest BCUT2D eigenvalue weighted by Crippen LogP contribution is -2.68. The highest BCUT2D eigenvalue weighted by molar-refractivity contribution is 8.20. The number of Topliss-reactive ketones (excluding diaryl/α,β-unsaturated/α-hetero) is 1. The fraction of sp³-hybridized carbons (Fsp3) is 0.360. The van der Waals surface area contributed by atoms with Crippen LogP contribution in [-0.2, 0) is 28.8 Å². The topological polar surface area (TPSA) is 271 Å². The number of β-lactam (4-membered cyclic amide) rings is 1. The Bertz CT molecular complexity index is 1610. The number of aromatic hydroxyl groups is 2. The standard InChI is InChI=1S/C25H26N6O11S3/c1-24(2,21(38)39)42-30-14(11-8-43-23(26)28-11)17(35)29-15-19(37)31-9-25(22(40)41,45-20(15)31)44-6-5-27-18(36)16(34)10-3-4-12(32)13(33)7-10/h3-4,7-8,15,20,32-33H,5-6,9H2,1-2H3,(H2,26,28)(H,27,36)(H,29,35)(H,38,39)(H,40,41)/b30-14-/t15-,20-,25-/m1/s1. The number of nitrogens with zero attached hydrogens (tertiary/aromatic N) is 3. The van der Waals surface area contributed by atoms with Gasteiger partial charge in [-0.1, -0.05) is 5.16 Å². The minimum Gasteiger partial charge on any atom is -0.504 e. The summed E-state index contributed by atoms with van der Waals surface area (Å²) in [6, 6.07) is 1.98. The predicted molar refractivity (Wildman–Crippen MR) is 161 cm³/mol. The molecule has 2 aromatic rings. The fourth-order valence-electron chi connectivity index (χ4n) is 3.94. The van der Waals surface area contributed by atoms with Crippen molar-refractivity contribution in [2.24, 2.45) is 5.16 Å². The van der Waals surface area contributed by atoms with Crippen LogP contribution in [0, 0.1) is 0 Å². The Hall–Kier alpha value is -4.56. The van der Waals surface area contributed by atoms with Crippen LogP contribution in [0.2, 0.25) is 0 Å². The smallest absolute Gasteiger partial charge is 0.350 e. The molecule has 3 atom stereocenters. The third kappa shape index (κ3) is 6.91. The molecule has 2 aliphatic heterocycles. The van der Waals surface area contributed by atoms with Crippen LogP contribution in [0.5, 0.6) is 11.5 Å². The number of anilines is 1. The van der Waals surface area contributed by atoms with E-state index in [0.717, 1.165) is 53.1 Å². The Morgan fingerprint density at radius 2 is 1.91 bits per heavy atom. The number of nitrogen functional groups attached to an aromatic ring is 1. The largest absolute Gasteiger partial charge is 0.504 e. The SMILES string of the molecule is CC(C)(O/N=C(\C(=O)N[C@@H]1C(=O)N2C[C@](SCCNC(=O)C(=O)c3ccc(O)c(O)c3)(C(=O)O)S[C@H]12)c1csc(N)n1)C(=O)O. The molecule has 0 unspecified atom stereocenters. The van der Waals surface area contributed by atoms with Crippen molar-refractivity contribution in [3.8, 4) is 11.5 Å². The number of amides is 3. The van der Waals surface area contributed by atoms with Gasteiger partial charge in [0.25, 0.3) is 11.8 Å². The van der Waals surface area contributed by atoms with Gasteiger partial charge in [0.15, 0.2) is 26.4 Å². The summed E-state index contributed by atoms with van der Waals surface area (Å²) in [6.07, 6.45) is 0. The van der Waals surface area contributed by atoms with E-state index in [4.69, 9.17) is 10.6 Å². The number of phenolic OH excluding ortho intramolecular Hbond substituents is 2. The van der Waals surface area contributed by atoms with Gasteiger partial charge < -0.3 is 46.5 Å². The second-order valence-electron chi connectivity index (χ2n) is 10.0. The van der Waals surface area contributed by atoms with Gasteiger partial charge in [0.1, 0.15) is 17.1 Å². The molecule has 2 saturated heterocycles. The average molecular weight is 683 g/mol. The van der Waals surface area contributed by atoms with E-state index in [2.05, 4.69) is 20.8 Å². The Morgan fingerprint density at radius 1 is 1.20 bits per heavy atom. The molecule has 17 nitrogen and oxygen atoms in total. The maximum Gasteiger partial charge on any atom is 0.350 e. The second kappa shape index (κ2) is 12.8. The molecule has 2 aliphatic rings. The summed E-state index contributed by atoms with van der Waals surface area (Å²) < 4.78 is -1.56. The highest BCUT2D eigenvalue weighted by Crippen LogP contribution is 2.52. The maximum absolute atomic E-state index is 13.2. The highest BCUT2D eigenvalue weighted by atomic mass is 32.2. The van der Waals surface area contributed by atoms with Crippen LogP contribution >= 0.6 is 34.9 Å². The fourth-order valence-corrected chi connectivity index (χ4v) is 7.52. The zero-order valence-corrected chi connectivity index (χ0v) is 25.8. The van der Waals surface area contributed by atoms with Crippen LogP contribution < -0.4 is 16.4 Å². The Morgan fingerprint density at radius 3 is 2.51 bits per heavy atom. The number of carbonyl (C=O) groups excluding carboxylic acids is 4. The Labute approximate surface area is 266 Å². The van der Waals surface area contributed by atoms with E-state index in [0.29, 0.717) is 0 Å². The number of phenols is 2. The van der Waals surface area contributed by atoms with Crippen molar-refractivity contribution in [3.63, 3.8) is 0 Å². The number of hydrogen-bond donors (Lipinski definition) is 7. The van der Waals surface area contributed by atoms with Gasteiger partial charge in [0, 0.05) is 23.2 Å². The maximum atomic E-state index is 13.2. The van der Waals surface area contributed by atoms with E-state index >= 15 is 0 Å². The molecule has 0 radical (unpaired) electrons. The normalized spacial score (nSPS) is 21.0. The Kier molecular flexibility index (Phi) is 9.49. The molecule has 20 heteroatoms. The Balaban J connectivity index is 1.38. The van der Waals surface area contributed by atoms with Crippen molar-refractivity contribution < 1.29 is 54.0 Å². The third-order valence-electron chi connectivity index (χ3n) is 6.47. The predicted octanol–water partition coefficient (Wildman–Crippen LogP) is -0.366. The summed E-state index contributed by atoms with van der Waals surface area (Å²) in [5, 5.41) is 47.5. The molecule has 1 aromatic carbocycles. The molecule has 0 aliphatic carbocycles. The van der Waals surface area contributed by atoms with Crippen LogP contribution in [0.15, 0.2) is 28.7 Å². The zero-order valence-electron chi connectivity index (χ0n) is 23.4. The average Bonchev–Trinajstić information content (AvgIpc) is 3.57. The van der Waals surface area contributed by atoms with Gasteiger partial charge in [0.05, 0.1) is 6.54 Å². The van der Waals surface area contributed by atoms with Crippen molar-refractivity contribution in [3.05, 3.63) is 34.8 Å². The number of nitrogens with two attached hydrogens (primary N) is 1. The molecule has 4 rings (SSSR count). The van der Waals surface area contributed by atoms with Crippen molar-refractivity contribution in [1.29, 1.82) is 0 Å². The van der Waals surface area contributed by atoms with Crippen molar-refractivity contribution in [1.82, 2.24) is 20.5 Å². The van der Waals surface area contributed by atoms with Crippen LogP contribution in [0.1, 0.15) is 29.9 Å². The van der Waals surface area contributed by atoms with Gasteiger partial charge in [-0.3, -0.25) is 19.2 Å². The van der Waals surface area contributed by atoms with E-state index in [1.807, 2.05) is 0 Å². The van der Waals surface area contributed by atoms with Crippen molar-refractivity contribution >= 4 is 81.1 Å². The number of aromatic nitrogens is 1. The van der Waals surface area contributed by atoms with Gasteiger partial charge in [-0.25, -0.2) is 14.6 Å². The lowest BCUT2D eigenvalue weighted by molar-refractivity contribution is -0.161. The molecular formula is C25H26N6O11S3. The molecule has 2 fully saturated rings. The summed E-state index contributed by atoms with van der Waals surface area (Å²) >= 11 is 2.81. The van der Waals surface area contributed by atoms with Crippen molar-refractivity contribution in [2.75, 3.05) is 24.6 Å². The van der Waals surface area contributed by atoms with Gasteiger partial charge in [0.2, 0.25) is 17.3 Å². The number of benzene rings is 1. The minimum atomic E-state index is -1.81. The number of carbonyl (C=O) groups is 6. The number of thioether (sulfide) groups is 2. The van der Waals surface area contributed by atoms with Crippen LogP contribution in [-0.4, -0.2) is 111 Å². The van der Waals surface area contributed by atoms with Gasteiger partial charge in [-0.2, -0.15) is 0 Å². The highest BCUT2D eigenvalue weighted by Gasteiger charge is 2.62. The molecule has 1 aromatic heterocycles. The third-order valence-corrected chi connectivity index (χ3v) is 10.4. The molecule has 240 valence electrons. The number of thiazole rings is 1. The first kappa shape index (κ1) is 33.3. The molecular weight excluding hydrogens is 657 g/mol. The molecule has 0 saturated carbocycles. The molecule has 3 amide bonds. The summed E-state index contributed by atoms with van der Waals surface area (Å²) in [6.45, 7) is 2.09. The molecule has 8 N–H and O–H groups in total. The van der Waals surface area contributed by atoms with E-state index in [9.17, 15) is 49.2 Å². The molecule has 0 bridgehead atoms. The van der Waals surface area contributed by atoms with Gasteiger partial charge in [-0.15, -0.1) is 34.9 Å². The number of rotatable bonds is 13. The number of aliphatic carboxylic acids is 2. The number of hydrogen-bond acceptors (Lipinski definition) is 15. The molecule has 45 heavy (non-hydrogen) atoms. The van der Waals surface area contributed by atoms with E-state index in [-0.39, 0.29) is 35.2 Å². The minimum absolute atomic E-state index is 0.0305. The summed E-state index contributed by atoms with van der Waals surface area (Å²) in [5.41, 5.74) is 3.21. The van der Waals surface area contributed by atoms with Crippen molar-refractivity contribution in [2.45, 2.75) is 34.9 Å². The summed E-state index contributed by atoms with van der Waals surface area (Å²) in [5.74, 6) is -7.12. The van der Waals surface area contributed by atoms with E-state index in [1.165, 1.54) is 24.1 Å². The first-order chi connectivity index (χ1) is 21.1. The lowest BCUT2D eigenvalue weighted by atomic mass is 10.1. The van der Waals surface area contributed by atoms with Gasteiger partial charge in [-0.05, 0) is 32.0 Å². The monoisotopic (exact) mass is 682 g/mol. The summed E-state index contributed by atoms with van der Waals surface area (Å²) in [4.78, 5) is 84.7. The number of fused-ring (bicyclic) bond motifs is 1. The lowest BCUT2D eigenvalue weighted by Gasteiger charge is -2.41. The van der Waals surface area contributed by atoms with E-state index in [1.54, 1.807) is 0 Å². The number of carboxylic acid groups (broad SMARTS) is 2.